The molecule has 0 radical (unpaired) electrons. The second-order valence-corrected chi connectivity index (χ2v) is 8.40. The van der Waals surface area contributed by atoms with Crippen LogP contribution in [0.2, 0.25) is 0 Å². The van der Waals surface area contributed by atoms with Crippen LogP contribution in [0.15, 0.2) is 52.2 Å². The average Bonchev–Trinajstić information content (AvgIpc) is 3.17. The summed E-state index contributed by atoms with van der Waals surface area (Å²) < 4.78 is 33.2. The minimum Gasteiger partial charge on any atom is -0.327 e. The summed E-state index contributed by atoms with van der Waals surface area (Å²) in [6, 6.07) is 12.4. The first-order valence-electron chi connectivity index (χ1n) is 8.92. The van der Waals surface area contributed by atoms with Crippen LogP contribution >= 0.6 is 0 Å². The summed E-state index contributed by atoms with van der Waals surface area (Å²) in [5.41, 5.74) is 2.85. The summed E-state index contributed by atoms with van der Waals surface area (Å²) in [4.78, 5) is 16.7. The molecule has 0 saturated heterocycles. The highest BCUT2D eigenvalue weighted by Gasteiger charge is 2.19. The van der Waals surface area contributed by atoms with Crippen molar-refractivity contribution in [2.24, 2.45) is 14.1 Å². The Hall–Kier alpha value is -2.91. The lowest BCUT2D eigenvalue weighted by Gasteiger charge is -2.09. The fourth-order valence-corrected chi connectivity index (χ4v) is 4.51. The zero-order valence-corrected chi connectivity index (χ0v) is 16.7. The molecular weight excluding hydrogens is 378 g/mol. The van der Waals surface area contributed by atoms with Gasteiger partial charge in [-0.15, -0.1) is 0 Å². The minimum atomic E-state index is -3.76. The van der Waals surface area contributed by atoms with Gasteiger partial charge in [0.25, 0.3) is 0 Å². The molecule has 146 valence electrons. The smallest absolute Gasteiger partial charge is 0.327 e. The average molecular weight is 399 g/mol. The fourth-order valence-electron chi connectivity index (χ4n) is 3.51. The molecule has 2 aromatic heterocycles. The van der Waals surface area contributed by atoms with Crippen molar-refractivity contribution < 1.29 is 8.42 Å². The first-order valence-corrected chi connectivity index (χ1v) is 10.4. The molecule has 0 atom stereocenters. The Morgan fingerprint density at radius 1 is 1.00 bits per heavy atom. The molecule has 9 heteroatoms. The van der Waals surface area contributed by atoms with E-state index in [0.29, 0.717) is 23.4 Å². The number of rotatable bonds is 5. The van der Waals surface area contributed by atoms with Crippen molar-refractivity contribution in [3.05, 3.63) is 58.8 Å². The fraction of sp³-hybridized carbons (Fsp3) is 0.263. The minimum absolute atomic E-state index is 0.0800. The third kappa shape index (κ3) is 2.83. The van der Waals surface area contributed by atoms with Crippen molar-refractivity contribution in [1.29, 1.82) is 0 Å². The van der Waals surface area contributed by atoms with Crippen molar-refractivity contribution in [2.45, 2.75) is 24.9 Å². The molecule has 2 heterocycles. The molecule has 0 unspecified atom stereocenters. The summed E-state index contributed by atoms with van der Waals surface area (Å²) in [5, 5.41) is 0. The van der Waals surface area contributed by atoms with Crippen LogP contribution in [0.25, 0.3) is 22.1 Å². The Kier molecular flexibility index (Phi) is 4.35. The number of hydrogen-bond donors (Lipinski definition) is 1. The van der Waals surface area contributed by atoms with E-state index in [-0.39, 0.29) is 17.1 Å². The van der Waals surface area contributed by atoms with Gasteiger partial charge in [0.15, 0.2) is 0 Å². The van der Waals surface area contributed by atoms with Crippen LogP contribution < -0.4 is 10.4 Å². The van der Waals surface area contributed by atoms with Crippen LogP contribution in [0.4, 0.5) is 0 Å². The van der Waals surface area contributed by atoms with Crippen molar-refractivity contribution in [3.63, 3.8) is 0 Å². The lowest BCUT2D eigenvalue weighted by molar-refractivity contribution is 0.576. The summed E-state index contributed by atoms with van der Waals surface area (Å²) in [7, 11) is -0.479. The van der Waals surface area contributed by atoms with Gasteiger partial charge in [0.05, 0.1) is 33.5 Å². The monoisotopic (exact) mass is 399 g/mol. The van der Waals surface area contributed by atoms with E-state index in [1.807, 2.05) is 35.8 Å². The number of imidazole rings is 2. The van der Waals surface area contributed by atoms with Crippen molar-refractivity contribution in [2.75, 3.05) is 0 Å². The molecule has 0 aliphatic heterocycles. The largest absolute Gasteiger partial charge is 0.328 e. The lowest BCUT2D eigenvalue weighted by Crippen LogP contribution is -2.25. The van der Waals surface area contributed by atoms with Crippen molar-refractivity contribution in [3.8, 4) is 0 Å². The predicted octanol–water partition coefficient (Wildman–Crippen LogP) is 1.73. The molecule has 2 aromatic carbocycles. The van der Waals surface area contributed by atoms with E-state index in [1.54, 1.807) is 20.2 Å². The Morgan fingerprint density at radius 3 is 2.46 bits per heavy atom. The Bertz CT molecular complexity index is 1360. The summed E-state index contributed by atoms with van der Waals surface area (Å²) in [6.07, 6.45) is 0. The molecule has 0 aliphatic rings. The van der Waals surface area contributed by atoms with E-state index in [9.17, 15) is 13.2 Å². The number of sulfonamides is 1. The molecular formula is C19H21N5O3S. The van der Waals surface area contributed by atoms with E-state index in [2.05, 4.69) is 9.71 Å². The number of nitrogens with zero attached hydrogens (tertiary/aromatic N) is 4. The first-order chi connectivity index (χ1) is 13.3. The van der Waals surface area contributed by atoms with Gasteiger partial charge in [0.1, 0.15) is 5.82 Å². The number of fused-ring (bicyclic) bond motifs is 2. The number of para-hydroxylation sites is 2. The molecule has 1 N–H and O–H groups in total. The van der Waals surface area contributed by atoms with E-state index in [0.717, 1.165) is 11.0 Å². The third-order valence-electron chi connectivity index (χ3n) is 5.02. The molecule has 0 spiro atoms. The molecule has 0 amide bonds. The van der Waals surface area contributed by atoms with Gasteiger partial charge in [-0.2, -0.15) is 0 Å². The SMILES string of the molecule is CCn1c(CNS(=O)(=O)c2ccc3c(c2)n(C)c(=O)n3C)nc2ccccc21. The maximum Gasteiger partial charge on any atom is 0.328 e. The third-order valence-corrected chi connectivity index (χ3v) is 6.42. The van der Waals surface area contributed by atoms with Crippen LogP contribution in [-0.2, 0) is 37.2 Å². The predicted molar refractivity (Wildman–Crippen MR) is 108 cm³/mol. The van der Waals surface area contributed by atoms with E-state index < -0.39 is 10.0 Å². The molecule has 0 saturated carbocycles. The van der Waals surface area contributed by atoms with Gasteiger partial charge < -0.3 is 4.57 Å². The van der Waals surface area contributed by atoms with Crippen LogP contribution in [-0.4, -0.2) is 27.1 Å². The van der Waals surface area contributed by atoms with Gasteiger partial charge in [0, 0.05) is 20.6 Å². The summed E-state index contributed by atoms with van der Waals surface area (Å²) in [5.74, 6) is 0.653. The van der Waals surface area contributed by atoms with Gasteiger partial charge in [-0.1, -0.05) is 12.1 Å². The second kappa shape index (κ2) is 6.61. The number of aromatic nitrogens is 4. The number of aryl methyl sites for hydroxylation is 3. The highest BCUT2D eigenvalue weighted by atomic mass is 32.2. The van der Waals surface area contributed by atoms with Gasteiger partial charge in [0.2, 0.25) is 10.0 Å². The van der Waals surface area contributed by atoms with Gasteiger partial charge in [-0.3, -0.25) is 9.13 Å². The molecule has 4 aromatic rings. The molecule has 4 rings (SSSR count). The molecule has 0 fully saturated rings. The normalized spacial score (nSPS) is 12.2. The molecule has 28 heavy (non-hydrogen) atoms. The quantitative estimate of drug-likeness (QED) is 0.553. The highest BCUT2D eigenvalue weighted by Crippen LogP contribution is 2.19. The maximum absolute atomic E-state index is 12.8. The standard InChI is InChI=1S/C19H21N5O3S/c1-4-24-15-8-6-5-7-14(15)21-18(24)12-20-28(26,27)13-9-10-16-17(11-13)23(3)19(25)22(16)2/h5-11,20H,4,12H2,1-3H3. The highest BCUT2D eigenvalue weighted by molar-refractivity contribution is 7.89. The van der Waals surface area contributed by atoms with Crippen molar-refractivity contribution >= 4 is 32.1 Å². The van der Waals surface area contributed by atoms with E-state index in [4.69, 9.17) is 0 Å². The Labute approximate surface area is 162 Å². The topological polar surface area (TPSA) is 90.9 Å². The number of hydrogen-bond acceptors (Lipinski definition) is 4. The maximum atomic E-state index is 12.8. The van der Waals surface area contributed by atoms with E-state index >= 15 is 0 Å². The lowest BCUT2D eigenvalue weighted by atomic mass is 10.3. The Morgan fingerprint density at radius 2 is 1.71 bits per heavy atom. The first kappa shape index (κ1) is 18.5. The number of nitrogens with one attached hydrogen (secondary N) is 1. The zero-order chi connectivity index (χ0) is 20.1. The van der Waals surface area contributed by atoms with Crippen molar-refractivity contribution in [1.82, 2.24) is 23.4 Å². The summed E-state index contributed by atoms with van der Waals surface area (Å²) >= 11 is 0. The van der Waals surface area contributed by atoms with Gasteiger partial charge in [-0.05, 0) is 37.3 Å². The van der Waals surface area contributed by atoms with Gasteiger partial charge in [-0.25, -0.2) is 22.9 Å². The van der Waals surface area contributed by atoms with Crippen LogP contribution in [0.3, 0.4) is 0 Å². The van der Waals surface area contributed by atoms with E-state index in [1.165, 1.54) is 21.3 Å². The zero-order valence-electron chi connectivity index (χ0n) is 15.9. The molecule has 8 nitrogen and oxygen atoms in total. The van der Waals surface area contributed by atoms with Gasteiger partial charge >= 0.3 is 5.69 Å². The number of benzene rings is 2. The second-order valence-electron chi connectivity index (χ2n) is 6.64. The molecule has 0 bridgehead atoms. The van der Waals surface area contributed by atoms with Crippen LogP contribution in [0.1, 0.15) is 12.7 Å². The van der Waals surface area contributed by atoms with Crippen LogP contribution in [0.5, 0.6) is 0 Å². The molecule has 0 aliphatic carbocycles. The summed E-state index contributed by atoms with van der Waals surface area (Å²) in [6.45, 7) is 2.77. The van der Waals surface area contributed by atoms with Crippen LogP contribution in [0, 0.1) is 0 Å². The Balaban J connectivity index is 1.68.